The maximum Gasteiger partial charge on any atom is 0.266 e. The number of hydrogen-bond acceptors (Lipinski definition) is 6. The van der Waals surface area contributed by atoms with Gasteiger partial charge in [-0.2, -0.15) is 0 Å². The van der Waals surface area contributed by atoms with Crippen molar-refractivity contribution < 1.29 is 9.21 Å². The highest BCUT2D eigenvalue weighted by molar-refractivity contribution is 7.17. The largest absolute Gasteiger partial charge is 0.467 e. The fourth-order valence-corrected chi connectivity index (χ4v) is 3.52. The minimum Gasteiger partial charge on any atom is -0.467 e. The van der Waals surface area contributed by atoms with E-state index < -0.39 is 0 Å². The van der Waals surface area contributed by atoms with E-state index in [0.717, 1.165) is 24.3 Å². The molecule has 7 heteroatoms. The summed E-state index contributed by atoms with van der Waals surface area (Å²) in [5.74, 6) is 1.35. The average molecular weight is 340 g/mol. The third-order valence-corrected chi connectivity index (χ3v) is 5.04. The van der Waals surface area contributed by atoms with Gasteiger partial charge in [0.1, 0.15) is 10.6 Å². The van der Waals surface area contributed by atoms with E-state index in [2.05, 4.69) is 15.0 Å². The summed E-state index contributed by atoms with van der Waals surface area (Å²) < 4.78 is 5.41. The van der Waals surface area contributed by atoms with E-state index in [9.17, 15) is 4.79 Å². The molecular weight excluding hydrogens is 324 g/mol. The van der Waals surface area contributed by atoms with Crippen molar-refractivity contribution in [2.45, 2.75) is 32.4 Å². The summed E-state index contributed by atoms with van der Waals surface area (Å²) in [5, 5.41) is 0.671. The lowest BCUT2D eigenvalue weighted by molar-refractivity contribution is 0.0721. The van der Waals surface area contributed by atoms with Gasteiger partial charge < -0.3 is 9.32 Å². The highest BCUT2D eigenvalue weighted by Gasteiger charge is 2.35. The first-order valence-corrected chi connectivity index (χ1v) is 8.62. The van der Waals surface area contributed by atoms with Crippen LogP contribution in [0.2, 0.25) is 0 Å². The Balaban J connectivity index is 1.62. The van der Waals surface area contributed by atoms with Crippen LogP contribution >= 0.6 is 11.3 Å². The molecule has 0 aliphatic heterocycles. The number of aryl methyl sites for hydroxylation is 1. The number of nitrogens with zero attached hydrogens (tertiary/aromatic N) is 4. The third-order valence-electron chi connectivity index (χ3n) is 3.90. The first-order chi connectivity index (χ1) is 11.7. The highest BCUT2D eigenvalue weighted by atomic mass is 32.1. The minimum absolute atomic E-state index is 0.00563. The summed E-state index contributed by atoms with van der Waals surface area (Å²) >= 11 is 1.35. The molecule has 122 valence electrons. The fourth-order valence-electron chi connectivity index (χ4n) is 2.55. The van der Waals surface area contributed by atoms with E-state index >= 15 is 0 Å². The third kappa shape index (κ3) is 2.94. The summed E-state index contributed by atoms with van der Waals surface area (Å²) in [6.07, 6.45) is 7.06. The van der Waals surface area contributed by atoms with Gasteiger partial charge in [0.25, 0.3) is 5.91 Å². The average Bonchev–Trinajstić information content (AvgIpc) is 3.17. The van der Waals surface area contributed by atoms with Gasteiger partial charge in [0.15, 0.2) is 10.8 Å². The molecule has 1 aliphatic carbocycles. The van der Waals surface area contributed by atoms with E-state index in [-0.39, 0.29) is 5.91 Å². The van der Waals surface area contributed by atoms with Gasteiger partial charge in [0.2, 0.25) is 0 Å². The first kappa shape index (κ1) is 15.0. The van der Waals surface area contributed by atoms with Crippen LogP contribution in [0.15, 0.2) is 41.3 Å². The van der Waals surface area contributed by atoms with Gasteiger partial charge in [-0.25, -0.2) is 15.0 Å². The highest BCUT2D eigenvalue weighted by Crippen LogP contribution is 2.33. The van der Waals surface area contributed by atoms with Crippen LogP contribution < -0.4 is 0 Å². The molecule has 0 atom stereocenters. The number of rotatable bonds is 5. The Kier molecular flexibility index (Phi) is 3.86. The Morgan fingerprint density at radius 3 is 2.79 bits per heavy atom. The molecule has 0 radical (unpaired) electrons. The molecule has 1 saturated carbocycles. The summed E-state index contributed by atoms with van der Waals surface area (Å²) in [4.78, 5) is 28.5. The van der Waals surface area contributed by atoms with Gasteiger partial charge in [-0.3, -0.25) is 4.79 Å². The zero-order chi connectivity index (χ0) is 16.5. The molecule has 0 unspecified atom stereocenters. The number of carbonyl (C=O) groups excluding carboxylic acids is 1. The number of hydrogen-bond donors (Lipinski definition) is 0. The van der Waals surface area contributed by atoms with Crippen LogP contribution in [0.3, 0.4) is 0 Å². The molecule has 0 N–H and O–H groups in total. The summed E-state index contributed by atoms with van der Waals surface area (Å²) in [7, 11) is 0. The van der Waals surface area contributed by atoms with Crippen molar-refractivity contribution >= 4 is 17.2 Å². The maximum atomic E-state index is 13.0. The molecule has 0 aromatic carbocycles. The van der Waals surface area contributed by atoms with Gasteiger partial charge in [0.05, 0.1) is 18.5 Å². The molecule has 3 heterocycles. The molecule has 1 amide bonds. The van der Waals surface area contributed by atoms with Crippen molar-refractivity contribution in [2.75, 3.05) is 0 Å². The Labute approximate surface area is 143 Å². The molecule has 0 spiro atoms. The Bertz CT molecular complexity index is 841. The second-order valence-electron chi connectivity index (χ2n) is 5.75. The lowest BCUT2D eigenvalue weighted by Crippen LogP contribution is -2.32. The molecule has 3 aromatic heterocycles. The number of amides is 1. The number of furan rings is 1. The minimum atomic E-state index is 0.00563. The smallest absolute Gasteiger partial charge is 0.266 e. The van der Waals surface area contributed by atoms with E-state index in [0.29, 0.717) is 28.3 Å². The lowest BCUT2D eigenvalue weighted by atomic mass is 10.3. The van der Waals surface area contributed by atoms with Gasteiger partial charge in [-0.1, -0.05) is 0 Å². The molecule has 0 bridgehead atoms. The Morgan fingerprint density at radius 1 is 1.33 bits per heavy atom. The van der Waals surface area contributed by atoms with Crippen molar-refractivity contribution in [3.8, 4) is 10.8 Å². The molecule has 6 nitrogen and oxygen atoms in total. The molecule has 1 fully saturated rings. The SMILES string of the molecule is Cc1nc(-c2ncccn2)sc1C(=O)N(Cc1ccco1)C1CC1. The fraction of sp³-hybridized carbons (Fsp3) is 0.294. The zero-order valence-corrected chi connectivity index (χ0v) is 14.0. The predicted molar refractivity (Wildman–Crippen MR) is 89.5 cm³/mol. The van der Waals surface area contributed by atoms with E-state index in [1.807, 2.05) is 24.0 Å². The number of thiazole rings is 1. The van der Waals surface area contributed by atoms with Crippen molar-refractivity contribution in [1.29, 1.82) is 0 Å². The van der Waals surface area contributed by atoms with Crippen LogP contribution in [-0.2, 0) is 6.54 Å². The number of carbonyl (C=O) groups is 1. The topological polar surface area (TPSA) is 72.1 Å². The molecule has 0 saturated heterocycles. The molecule has 24 heavy (non-hydrogen) atoms. The quantitative estimate of drug-likeness (QED) is 0.712. The van der Waals surface area contributed by atoms with Crippen molar-refractivity contribution in [3.05, 3.63) is 53.2 Å². The summed E-state index contributed by atoms with van der Waals surface area (Å²) in [6.45, 7) is 2.35. The van der Waals surface area contributed by atoms with Crippen LogP contribution in [0.4, 0.5) is 0 Å². The van der Waals surface area contributed by atoms with Crippen molar-refractivity contribution in [1.82, 2.24) is 19.9 Å². The van der Waals surface area contributed by atoms with Crippen LogP contribution in [0, 0.1) is 6.92 Å². The molecular formula is C17H16N4O2S. The van der Waals surface area contributed by atoms with Crippen molar-refractivity contribution in [3.63, 3.8) is 0 Å². The maximum absolute atomic E-state index is 13.0. The van der Waals surface area contributed by atoms with Gasteiger partial charge in [-0.15, -0.1) is 11.3 Å². The Morgan fingerprint density at radius 2 is 2.12 bits per heavy atom. The normalized spacial score (nSPS) is 13.9. The molecule has 1 aliphatic rings. The summed E-state index contributed by atoms with van der Waals surface area (Å²) in [6, 6.07) is 5.79. The summed E-state index contributed by atoms with van der Waals surface area (Å²) in [5.41, 5.74) is 0.720. The van der Waals surface area contributed by atoms with E-state index in [1.165, 1.54) is 11.3 Å². The van der Waals surface area contributed by atoms with Crippen LogP contribution in [0.5, 0.6) is 0 Å². The Hall–Kier alpha value is -2.54. The predicted octanol–water partition coefficient (Wildman–Crippen LogP) is 3.31. The van der Waals surface area contributed by atoms with Gasteiger partial charge in [-0.05, 0) is 38.0 Å². The monoisotopic (exact) mass is 340 g/mol. The van der Waals surface area contributed by atoms with Gasteiger partial charge in [0, 0.05) is 18.4 Å². The first-order valence-electron chi connectivity index (χ1n) is 7.80. The standard InChI is InChI=1S/C17H16N4O2S/c1-11-14(24-16(20-11)15-18-7-3-8-19-15)17(22)21(12-5-6-12)10-13-4-2-9-23-13/h2-4,7-9,12H,5-6,10H2,1H3. The number of aromatic nitrogens is 3. The zero-order valence-electron chi connectivity index (χ0n) is 13.2. The van der Waals surface area contributed by atoms with Crippen LogP contribution in [0.1, 0.15) is 34.0 Å². The second-order valence-corrected chi connectivity index (χ2v) is 6.75. The molecule has 3 aromatic rings. The van der Waals surface area contributed by atoms with E-state index in [4.69, 9.17) is 4.42 Å². The van der Waals surface area contributed by atoms with Crippen LogP contribution in [0.25, 0.3) is 10.8 Å². The molecule has 4 rings (SSSR count). The van der Waals surface area contributed by atoms with Gasteiger partial charge >= 0.3 is 0 Å². The lowest BCUT2D eigenvalue weighted by Gasteiger charge is -2.20. The van der Waals surface area contributed by atoms with Crippen LogP contribution in [-0.4, -0.2) is 31.8 Å². The second kappa shape index (κ2) is 6.16. The van der Waals surface area contributed by atoms with E-state index in [1.54, 1.807) is 24.7 Å². The van der Waals surface area contributed by atoms with Crippen molar-refractivity contribution in [2.24, 2.45) is 0 Å².